The van der Waals surface area contributed by atoms with E-state index in [4.69, 9.17) is 10.5 Å². The third-order valence-corrected chi connectivity index (χ3v) is 9.01. The number of aliphatic hydroxyl groups is 1. The third-order valence-electron chi connectivity index (χ3n) is 9.01. The van der Waals surface area contributed by atoms with Crippen LogP contribution < -0.4 is 10.5 Å². The largest absolute Gasteiger partial charge is 0.492 e. The van der Waals surface area contributed by atoms with Crippen molar-refractivity contribution in [2.75, 3.05) is 32.8 Å². The first-order valence-electron chi connectivity index (χ1n) is 14.2. The number of carbonyl (C=O) groups excluding carboxylic acids is 2. The number of amides is 2. The van der Waals surface area contributed by atoms with Crippen LogP contribution in [0.3, 0.4) is 0 Å². The molecule has 4 atom stereocenters. The lowest BCUT2D eigenvalue weighted by molar-refractivity contribution is -0.256. The highest BCUT2D eigenvalue weighted by Crippen LogP contribution is 2.53. The number of halogens is 4. The number of alkyl halides is 4. The Morgan fingerprint density at radius 3 is 2.49 bits per heavy atom. The van der Waals surface area contributed by atoms with Gasteiger partial charge in [-0.2, -0.15) is 13.2 Å². The summed E-state index contributed by atoms with van der Waals surface area (Å²) in [5, 5.41) is 9.86. The van der Waals surface area contributed by atoms with Crippen LogP contribution in [-0.4, -0.2) is 89.0 Å². The van der Waals surface area contributed by atoms with E-state index in [0.29, 0.717) is 37.6 Å². The zero-order chi connectivity index (χ0) is 29.4. The van der Waals surface area contributed by atoms with Gasteiger partial charge in [0.15, 0.2) is 0 Å². The van der Waals surface area contributed by atoms with Crippen LogP contribution in [0.4, 0.5) is 17.6 Å². The molecule has 0 spiro atoms. The van der Waals surface area contributed by atoms with Crippen molar-refractivity contribution in [2.24, 2.45) is 17.1 Å². The summed E-state index contributed by atoms with van der Waals surface area (Å²) in [6, 6.07) is 2.43. The number of primary amides is 1. The maximum Gasteiger partial charge on any atom is 0.395 e. The molecule has 4 aliphatic rings. The van der Waals surface area contributed by atoms with E-state index in [2.05, 4.69) is 4.98 Å². The Morgan fingerprint density at radius 1 is 1.20 bits per heavy atom. The predicted molar refractivity (Wildman–Crippen MR) is 141 cm³/mol. The molecule has 224 valence electrons. The van der Waals surface area contributed by atoms with Crippen LogP contribution in [-0.2, 0) is 9.59 Å². The van der Waals surface area contributed by atoms with Crippen LogP contribution in [0.1, 0.15) is 50.1 Å². The predicted octanol–water partition coefficient (Wildman–Crippen LogP) is 3.27. The SMILES string of the molecule is NC(=O)[C@@H]1C[C@@H](O)CN1C(=O)C1=CC(F)C(c2ccc(OCC3CCN(CC4(C(F)(F)F)CCC4)CC3)cn2)C=C1. The molecule has 0 bridgehead atoms. The molecule has 12 heteroatoms. The van der Waals surface area contributed by atoms with Gasteiger partial charge >= 0.3 is 6.18 Å². The summed E-state index contributed by atoms with van der Waals surface area (Å²) in [7, 11) is 0. The number of aliphatic hydroxyl groups excluding tert-OH is 1. The van der Waals surface area contributed by atoms with E-state index in [1.54, 1.807) is 18.2 Å². The van der Waals surface area contributed by atoms with Crippen molar-refractivity contribution in [3.8, 4) is 5.75 Å². The van der Waals surface area contributed by atoms with E-state index in [0.717, 1.165) is 12.8 Å². The molecule has 3 fully saturated rings. The quantitative estimate of drug-likeness (QED) is 0.457. The number of carbonyl (C=O) groups is 2. The number of hydrogen-bond donors (Lipinski definition) is 2. The summed E-state index contributed by atoms with van der Waals surface area (Å²) in [5.41, 5.74) is 4.36. The molecule has 2 aliphatic heterocycles. The molecule has 1 aromatic heterocycles. The topological polar surface area (TPSA) is 109 Å². The molecule has 8 nitrogen and oxygen atoms in total. The van der Waals surface area contributed by atoms with Crippen LogP contribution in [0.2, 0.25) is 0 Å². The smallest absolute Gasteiger partial charge is 0.395 e. The van der Waals surface area contributed by atoms with E-state index < -0.39 is 47.6 Å². The molecule has 2 amide bonds. The zero-order valence-electron chi connectivity index (χ0n) is 22.7. The first-order valence-corrected chi connectivity index (χ1v) is 14.2. The van der Waals surface area contributed by atoms with Crippen molar-refractivity contribution < 1.29 is 37.0 Å². The van der Waals surface area contributed by atoms with Gasteiger partial charge in [-0.1, -0.05) is 18.6 Å². The molecule has 1 aromatic rings. The Labute approximate surface area is 236 Å². The number of likely N-dealkylation sites (tertiary alicyclic amines) is 2. The number of piperidine rings is 1. The minimum absolute atomic E-state index is 0.0428. The number of hydrogen-bond acceptors (Lipinski definition) is 6. The van der Waals surface area contributed by atoms with Crippen molar-refractivity contribution in [3.05, 3.63) is 47.8 Å². The molecule has 41 heavy (non-hydrogen) atoms. The van der Waals surface area contributed by atoms with Crippen molar-refractivity contribution >= 4 is 11.8 Å². The van der Waals surface area contributed by atoms with Gasteiger partial charge < -0.3 is 25.4 Å². The minimum atomic E-state index is -4.15. The average Bonchev–Trinajstić information content (AvgIpc) is 3.31. The van der Waals surface area contributed by atoms with Crippen LogP contribution in [0.5, 0.6) is 5.75 Å². The lowest BCUT2D eigenvalue weighted by Crippen LogP contribution is -2.53. The Hall–Kier alpha value is -2.99. The Morgan fingerprint density at radius 2 is 1.93 bits per heavy atom. The fraction of sp³-hybridized carbons (Fsp3) is 0.621. The summed E-state index contributed by atoms with van der Waals surface area (Å²) < 4.78 is 61.5. The molecule has 3 heterocycles. The standard InChI is InChI=1S/C29H36F4N4O4/c30-23-12-19(27(40)37-15-20(38)13-25(37)26(34)39)2-4-22(23)24-5-3-21(14-35-24)41-16-18-6-10-36(11-7-18)17-28(8-1-9-28)29(31,32)33/h2-5,12,14,18,20,22-23,25,38H,1,6-11,13,15-17H2,(H2,34,39)/t20-,22?,23?,25+/m1/s1. The molecule has 1 saturated carbocycles. The summed E-state index contributed by atoms with van der Waals surface area (Å²) in [6.07, 6.45) is 1.87. The number of ether oxygens (including phenoxy) is 1. The second kappa shape index (κ2) is 11.7. The molecule has 0 radical (unpaired) electrons. The van der Waals surface area contributed by atoms with E-state index in [-0.39, 0.29) is 43.8 Å². The van der Waals surface area contributed by atoms with Gasteiger partial charge in [0, 0.05) is 25.1 Å². The third kappa shape index (κ3) is 6.28. The van der Waals surface area contributed by atoms with E-state index in [1.165, 1.54) is 23.2 Å². The first-order chi connectivity index (χ1) is 19.5. The highest BCUT2D eigenvalue weighted by Gasteiger charge is 2.58. The summed E-state index contributed by atoms with van der Waals surface area (Å²) >= 11 is 0. The van der Waals surface area contributed by atoms with Gasteiger partial charge in [-0.15, -0.1) is 0 Å². The Balaban J connectivity index is 1.09. The highest BCUT2D eigenvalue weighted by molar-refractivity contribution is 5.99. The second-order valence-electron chi connectivity index (χ2n) is 11.8. The van der Waals surface area contributed by atoms with Gasteiger partial charge in [0.25, 0.3) is 5.91 Å². The summed E-state index contributed by atoms with van der Waals surface area (Å²) in [6.45, 7) is 1.71. The molecular formula is C29H36F4N4O4. The van der Waals surface area contributed by atoms with Crippen LogP contribution >= 0.6 is 0 Å². The van der Waals surface area contributed by atoms with E-state index >= 15 is 4.39 Å². The highest BCUT2D eigenvalue weighted by atomic mass is 19.4. The minimum Gasteiger partial charge on any atom is -0.492 e. The fourth-order valence-electron chi connectivity index (χ4n) is 6.28. The van der Waals surface area contributed by atoms with Gasteiger partial charge in [0.1, 0.15) is 18.0 Å². The maximum atomic E-state index is 15.1. The van der Waals surface area contributed by atoms with Gasteiger partial charge in [0.05, 0.1) is 35.9 Å². The van der Waals surface area contributed by atoms with Gasteiger partial charge in [-0.05, 0) is 62.9 Å². The number of allylic oxidation sites excluding steroid dienone is 2. The molecule has 5 rings (SSSR count). The maximum absolute atomic E-state index is 15.1. The van der Waals surface area contributed by atoms with Crippen molar-refractivity contribution in [2.45, 2.75) is 68.9 Å². The molecule has 2 aliphatic carbocycles. The molecule has 3 N–H and O–H groups in total. The summed E-state index contributed by atoms with van der Waals surface area (Å²) in [5.74, 6) is -1.24. The Kier molecular flexibility index (Phi) is 8.43. The number of β-amino-alcohol motifs (C(OH)–C–C–N with tert-alkyl or cyclic N) is 1. The summed E-state index contributed by atoms with van der Waals surface area (Å²) in [4.78, 5) is 32.0. The zero-order valence-corrected chi connectivity index (χ0v) is 22.7. The lowest BCUT2D eigenvalue weighted by atomic mass is 9.67. The lowest BCUT2D eigenvalue weighted by Gasteiger charge is -2.47. The molecule has 0 aromatic carbocycles. The average molecular weight is 581 g/mol. The molecular weight excluding hydrogens is 544 g/mol. The van der Waals surface area contributed by atoms with Crippen molar-refractivity contribution in [1.29, 1.82) is 0 Å². The van der Waals surface area contributed by atoms with Gasteiger partial charge in [-0.3, -0.25) is 14.6 Å². The van der Waals surface area contributed by atoms with Gasteiger partial charge in [-0.25, -0.2) is 4.39 Å². The number of nitrogens with two attached hydrogens (primary N) is 1. The second-order valence-corrected chi connectivity index (χ2v) is 11.8. The number of pyridine rings is 1. The molecule has 2 saturated heterocycles. The Bertz CT molecular complexity index is 1180. The van der Waals surface area contributed by atoms with E-state index in [1.807, 2.05) is 4.90 Å². The van der Waals surface area contributed by atoms with Crippen LogP contribution in [0.25, 0.3) is 0 Å². The first kappa shape index (κ1) is 29.5. The van der Waals surface area contributed by atoms with Crippen molar-refractivity contribution in [1.82, 2.24) is 14.8 Å². The monoisotopic (exact) mass is 580 g/mol. The van der Waals surface area contributed by atoms with Crippen LogP contribution in [0, 0.1) is 11.3 Å². The number of aromatic nitrogens is 1. The fourth-order valence-corrected chi connectivity index (χ4v) is 6.28. The molecule has 2 unspecified atom stereocenters. The normalized spacial score (nSPS) is 28.7. The van der Waals surface area contributed by atoms with Crippen molar-refractivity contribution in [3.63, 3.8) is 0 Å². The van der Waals surface area contributed by atoms with Crippen LogP contribution in [0.15, 0.2) is 42.1 Å². The number of nitrogens with zero attached hydrogens (tertiary/aromatic N) is 3. The van der Waals surface area contributed by atoms with Gasteiger partial charge in [0.2, 0.25) is 5.91 Å². The van der Waals surface area contributed by atoms with E-state index in [9.17, 15) is 27.9 Å². The number of rotatable bonds is 8.